The molecule has 0 bridgehead atoms. The van der Waals surface area contributed by atoms with Crippen LogP contribution in [0.4, 0.5) is 0 Å². The first kappa shape index (κ1) is 8.02. The molecule has 0 saturated carbocycles. The van der Waals surface area contributed by atoms with Gasteiger partial charge in [-0.1, -0.05) is 0 Å². The number of rotatable bonds is 0. The van der Waals surface area contributed by atoms with Crippen LogP contribution in [-0.2, 0) is 9.47 Å². The zero-order chi connectivity index (χ0) is 7.72. The Kier molecular flexibility index (Phi) is 2.32. The van der Waals surface area contributed by atoms with Crippen LogP contribution in [0.3, 0.4) is 0 Å². The van der Waals surface area contributed by atoms with Crippen molar-refractivity contribution in [3.63, 3.8) is 0 Å². The molecule has 0 aromatic carbocycles. The van der Waals surface area contributed by atoms with E-state index in [9.17, 15) is 0 Å². The lowest BCUT2D eigenvalue weighted by molar-refractivity contribution is -0.197. The van der Waals surface area contributed by atoms with Crippen molar-refractivity contribution < 1.29 is 9.47 Å². The van der Waals surface area contributed by atoms with Crippen LogP contribution in [0.25, 0.3) is 0 Å². The van der Waals surface area contributed by atoms with E-state index in [0.29, 0.717) is 0 Å². The second kappa shape index (κ2) is 2.89. The van der Waals surface area contributed by atoms with Crippen LogP contribution in [0.2, 0.25) is 0 Å². The standard InChI is InChI=1S/C8H16O2/c1-5-6(2)10-8(4)7(3)9-5/h5-8H,1-4H3/t5-,6+,7+,8-. The van der Waals surface area contributed by atoms with E-state index >= 15 is 0 Å². The monoisotopic (exact) mass is 144 g/mol. The van der Waals surface area contributed by atoms with Crippen LogP contribution in [0.1, 0.15) is 27.7 Å². The van der Waals surface area contributed by atoms with Gasteiger partial charge in [0, 0.05) is 0 Å². The van der Waals surface area contributed by atoms with Crippen molar-refractivity contribution in [1.82, 2.24) is 0 Å². The number of hydrogen-bond donors (Lipinski definition) is 0. The first-order valence-corrected chi connectivity index (χ1v) is 3.92. The Bertz CT molecular complexity index is 87.8. The normalized spacial score (nSPS) is 49.2. The quantitative estimate of drug-likeness (QED) is 0.514. The minimum atomic E-state index is 0.242. The average molecular weight is 144 g/mol. The molecule has 4 atom stereocenters. The highest BCUT2D eigenvalue weighted by molar-refractivity contribution is 4.73. The Morgan fingerprint density at radius 3 is 1.00 bits per heavy atom. The smallest absolute Gasteiger partial charge is 0.0811 e. The zero-order valence-electron chi connectivity index (χ0n) is 7.13. The van der Waals surface area contributed by atoms with Gasteiger partial charge < -0.3 is 9.47 Å². The summed E-state index contributed by atoms with van der Waals surface area (Å²) >= 11 is 0. The molecular formula is C8H16O2. The number of ether oxygens (including phenoxy) is 2. The molecule has 1 heterocycles. The summed E-state index contributed by atoms with van der Waals surface area (Å²) in [5.41, 5.74) is 0. The lowest BCUT2D eigenvalue weighted by Gasteiger charge is -2.36. The summed E-state index contributed by atoms with van der Waals surface area (Å²) in [5.74, 6) is 0. The molecule has 0 spiro atoms. The number of hydrogen-bond acceptors (Lipinski definition) is 2. The predicted molar refractivity (Wildman–Crippen MR) is 40.0 cm³/mol. The largest absolute Gasteiger partial charge is 0.370 e. The van der Waals surface area contributed by atoms with Gasteiger partial charge >= 0.3 is 0 Å². The molecule has 0 aliphatic carbocycles. The minimum Gasteiger partial charge on any atom is -0.370 e. The van der Waals surface area contributed by atoms with E-state index in [0.717, 1.165) is 0 Å². The maximum atomic E-state index is 5.59. The fourth-order valence-electron chi connectivity index (χ4n) is 1.12. The summed E-state index contributed by atoms with van der Waals surface area (Å²) in [7, 11) is 0. The van der Waals surface area contributed by atoms with E-state index in [1.165, 1.54) is 0 Å². The second-order valence-corrected chi connectivity index (χ2v) is 3.09. The molecule has 1 aliphatic heterocycles. The van der Waals surface area contributed by atoms with Crippen molar-refractivity contribution in [1.29, 1.82) is 0 Å². The molecule has 2 heteroatoms. The molecule has 1 aliphatic rings. The molecule has 1 rings (SSSR count). The molecule has 1 fully saturated rings. The third kappa shape index (κ3) is 1.50. The summed E-state index contributed by atoms with van der Waals surface area (Å²) in [4.78, 5) is 0. The zero-order valence-corrected chi connectivity index (χ0v) is 7.13. The molecule has 1 saturated heterocycles. The third-order valence-corrected chi connectivity index (χ3v) is 2.18. The summed E-state index contributed by atoms with van der Waals surface area (Å²) in [5, 5.41) is 0. The maximum Gasteiger partial charge on any atom is 0.0811 e. The summed E-state index contributed by atoms with van der Waals surface area (Å²) in [6.45, 7) is 8.19. The van der Waals surface area contributed by atoms with E-state index in [-0.39, 0.29) is 24.4 Å². The van der Waals surface area contributed by atoms with Gasteiger partial charge in [-0.05, 0) is 27.7 Å². The van der Waals surface area contributed by atoms with Crippen LogP contribution in [0.5, 0.6) is 0 Å². The highest BCUT2D eigenvalue weighted by atomic mass is 16.6. The molecular weight excluding hydrogens is 128 g/mol. The van der Waals surface area contributed by atoms with Gasteiger partial charge in [0.25, 0.3) is 0 Å². The molecule has 0 unspecified atom stereocenters. The van der Waals surface area contributed by atoms with Gasteiger partial charge in [0.15, 0.2) is 0 Å². The fourth-order valence-corrected chi connectivity index (χ4v) is 1.12. The summed E-state index contributed by atoms with van der Waals surface area (Å²) in [6.07, 6.45) is 0.967. The van der Waals surface area contributed by atoms with Crippen molar-refractivity contribution in [2.45, 2.75) is 52.1 Å². The predicted octanol–water partition coefficient (Wildman–Crippen LogP) is 1.59. The Morgan fingerprint density at radius 2 is 0.800 bits per heavy atom. The van der Waals surface area contributed by atoms with Crippen molar-refractivity contribution in [2.24, 2.45) is 0 Å². The molecule has 0 radical (unpaired) electrons. The Balaban J connectivity index is 2.46. The van der Waals surface area contributed by atoms with Crippen LogP contribution < -0.4 is 0 Å². The van der Waals surface area contributed by atoms with Crippen LogP contribution in [-0.4, -0.2) is 24.4 Å². The van der Waals surface area contributed by atoms with Crippen LogP contribution in [0, 0.1) is 0 Å². The van der Waals surface area contributed by atoms with Gasteiger partial charge in [-0.15, -0.1) is 0 Å². The van der Waals surface area contributed by atoms with E-state index in [1.807, 2.05) is 27.7 Å². The van der Waals surface area contributed by atoms with Gasteiger partial charge in [0.1, 0.15) is 0 Å². The van der Waals surface area contributed by atoms with Gasteiger partial charge in [0.2, 0.25) is 0 Å². The van der Waals surface area contributed by atoms with Crippen molar-refractivity contribution in [3.05, 3.63) is 0 Å². The SMILES string of the molecule is C[C@@H]1O[C@H](C)[C@H](C)O[C@@H]1C. The topological polar surface area (TPSA) is 18.5 Å². The van der Waals surface area contributed by atoms with E-state index in [2.05, 4.69) is 0 Å². The first-order chi connectivity index (χ1) is 4.61. The Morgan fingerprint density at radius 1 is 0.600 bits per heavy atom. The van der Waals surface area contributed by atoms with Gasteiger partial charge in [-0.2, -0.15) is 0 Å². The molecule has 10 heavy (non-hydrogen) atoms. The molecule has 60 valence electrons. The van der Waals surface area contributed by atoms with E-state index < -0.39 is 0 Å². The fraction of sp³-hybridized carbons (Fsp3) is 1.00. The van der Waals surface area contributed by atoms with Crippen LogP contribution >= 0.6 is 0 Å². The molecule has 0 aromatic heterocycles. The van der Waals surface area contributed by atoms with Crippen molar-refractivity contribution in [3.8, 4) is 0 Å². The van der Waals surface area contributed by atoms with Gasteiger partial charge in [-0.25, -0.2) is 0 Å². The van der Waals surface area contributed by atoms with Crippen molar-refractivity contribution in [2.75, 3.05) is 0 Å². The molecule has 0 aromatic rings. The highest BCUT2D eigenvalue weighted by Gasteiger charge is 2.28. The second-order valence-electron chi connectivity index (χ2n) is 3.09. The molecule has 0 amide bonds. The highest BCUT2D eigenvalue weighted by Crippen LogP contribution is 2.18. The summed E-state index contributed by atoms with van der Waals surface area (Å²) < 4.78 is 11.2. The van der Waals surface area contributed by atoms with Gasteiger partial charge in [-0.3, -0.25) is 0 Å². The lowest BCUT2D eigenvalue weighted by Crippen LogP contribution is -2.44. The Hall–Kier alpha value is -0.0800. The first-order valence-electron chi connectivity index (χ1n) is 3.92. The van der Waals surface area contributed by atoms with Crippen LogP contribution in [0.15, 0.2) is 0 Å². The lowest BCUT2D eigenvalue weighted by atomic mass is 10.1. The summed E-state index contributed by atoms with van der Waals surface area (Å²) in [6, 6.07) is 0. The van der Waals surface area contributed by atoms with E-state index in [1.54, 1.807) is 0 Å². The van der Waals surface area contributed by atoms with Crippen molar-refractivity contribution >= 4 is 0 Å². The average Bonchev–Trinajstić information content (AvgIpc) is 1.84. The maximum absolute atomic E-state index is 5.59. The third-order valence-electron chi connectivity index (χ3n) is 2.18. The molecule has 0 N–H and O–H groups in total. The van der Waals surface area contributed by atoms with Gasteiger partial charge in [0.05, 0.1) is 24.4 Å². The minimum absolute atomic E-state index is 0.242. The molecule has 2 nitrogen and oxygen atoms in total. The van der Waals surface area contributed by atoms with E-state index in [4.69, 9.17) is 9.47 Å². The Labute approximate surface area is 62.5 Å².